The van der Waals surface area contributed by atoms with E-state index in [2.05, 4.69) is 15.3 Å². The van der Waals surface area contributed by atoms with Crippen LogP contribution in [0.2, 0.25) is 5.02 Å². The lowest BCUT2D eigenvalue weighted by molar-refractivity contribution is -0.123. The number of amides is 1. The number of aromatic amines is 1. The molecule has 0 aliphatic rings. The maximum Gasteiger partial charge on any atom is 0.258 e. The molecule has 0 saturated heterocycles. The van der Waals surface area contributed by atoms with Crippen LogP contribution in [0.3, 0.4) is 0 Å². The summed E-state index contributed by atoms with van der Waals surface area (Å²) in [6.45, 7) is 1.76. The van der Waals surface area contributed by atoms with Crippen molar-refractivity contribution in [3.63, 3.8) is 0 Å². The lowest BCUT2D eigenvalue weighted by atomic mass is 10.3. The zero-order chi connectivity index (χ0) is 16.2. The third-order valence-corrected chi connectivity index (χ3v) is 3.70. The number of nitrogens with zero attached hydrogens (tertiary/aromatic N) is 1. The van der Waals surface area contributed by atoms with Gasteiger partial charge in [-0.3, -0.25) is 4.79 Å². The molecule has 0 spiro atoms. The monoisotopic (exact) mass is 329 g/mol. The Balaban J connectivity index is 1.60. The summed E-state index contributed by atoms with van der Waals surface area (Å²) >= 11 is 5.98. The van der Waals surface area contributed by atoms with E-state index in [4.69, 9.17) is 16.3 Å². The van der Waals surface area contributed by atoms with Crippen LogP contribution in [-0.2, 0) is 4.79 Å². The number of hydrogen-bond donors (Lipinski definition) is 2. The first kappa shape index (κ1) is 15.4. The second kappa shape index (κ2) is 6.71. The van der Waals surface area contributed by atoms with Crippen LogP contribution in [0.5, 0.6) is 5.75 Å². The molecule has 3 aromatic rings. The lowest BCUT2D eigenvalue weighted by Crippen LogP contribution is -2.31. The second-order valence-electron chi connectivity index (χ2n) is 5.15. The molecule has 5 nitrogen and oxygen atoms in total. The topological polar surface area (TPSA) is 67.0 Å². The van der Waals surface area contributed by atoms with Gasteiger partial charge in [-0.1, -0.05) is 35.9 Å². The summed E-state index contributed by atoms with van der Waals surface area (Å²) in [5.41, 5.74) is 1.81. The first-order chi connectivity index (χ1) is 11.1. The highest BCUT2D eigenvalue weighted by Gasteiger charge is 2.14. The molecular formula is C17H16ClN3O2. The van der Waals surface area contributed by atoms with E-state index in [1.165, 1.54) is 0 Å². The summed E-state index contributed by atoms with van der Waals surface area (Å²) in [6, 6.07) is 14.5. The number of carbonyl (C=O) groups excluding carboxylic acids is 1. The molecule has 1 aromatic heterocycles. The largest absolute Gasteiger partial charge is 0.482 e. The van der Waals surface area contributed by atoms with Crippen molar-refractivity contribution in [1.82, 2.24) is 15.3 Å². The zero-order valence-corrected chi connectivity index (χ0v) is 13.3. The molecule has 1 heterocycles. The molecule has 0 bridgehead atoms. The fourth-order valence-electron chi connectivity index (χ4n) is 2.23. The Kier molecular flexibility index (Phi) is 4.48. The smallest absolute Gasteiger partial charge is 0.258 e. The first-order valence-electron chi connectivity index (χ1n) is 7.25. The second-order valence-corrected chi connectivity index (χ2v) is 5.55. The Morgan fingerprint density at radius 2 is 2.00 bits per heavy atom. The quantitative estimate of drug-likeness (QED) is 0.753. The molecule has 0 radical (unpaired) electrons. The zero-order valence-electron chi connectivity index (χ0n) is 12.5. The molecule has 0 saturated carbocycles. The summed E-state index contributed by atoms with van der Waals surface area (Å²) in [5.74, 6) is 0.955. The third-order valence-electron chi connectivity index (χ3n) is 3.39. The van der Waals surface area contributed by atoms with Crippen molar-refractivity contribution in [2.45, 2.75) is 13.0 Å². The van der Waals surface area contributed by atoms with Crippen molar-refractivity contribution in [3.8, 4) is 5.75 Å². The molecule has 0 aliphatic heterocycles. The van der Waals surface area contributed by atoms with Crippen LogP contribution in [0.4, 0.5) is 0 Å². The van der Waals surface area contributed by atoms with Crippen molar-refractivity contribution in [1.29, 1.82) is 0 Å². The van der Waals surface area contributed by atoms with Crippen LogP contribution in [0.15, 0.2) is 48.5 Å². The van der Waals surface area contributed by atoms with Crippen LogP contribution < -0.4 is 10.1 Å². The Hall–Kier alpha value is -2.53. The van der Waals surface area contributed by atoms with Gasteiger partial charge in [-0.15, -0.1) is 0 Å². The van der Waals surface area contributed by atoms with E-state index in [-0.39, 0.29) is 18.6 Å². The number of benzene rings is 2. The standard InChI is InChI=1S/C17H16ClN3O2/c1-11(17-20-13-7-3-4-8-14(13)21-17)19-16(22)10-23-15-9-5-2-6-12(15)18/h2-9,11H,10H2,1H3,(H,19,22)(H,20,21). The maximum absolute atomic E-state index is 12.0. The SMILES string of the molecule is CC(NC(=O)COc1ccccc1Cl)c1nc2ccccc2[nH]1. The Labute approximate surface area is 138 Å². The highest BCUT2D eigenvalue weighted by molar-refractivity contribution is 6.32. The number of hydrogen-bond acceptors (Lipinski definition) is 3. The van der Waals surface area contributed by atoms with E-state index in [1.807, 2.05) is 31.2 Å². The van der Waals surface area contributed by atoms with Gasteiger partial charge in [0.1, 0.15) is 11.6 Å². The molecule has 1 atom stereocenters. The number of aromatic nitrogens is 2. The van der Waals surface area contributed by atoms with Gasteiger partial charge in [-0.25, -0.2) is 4.98 Å². The number of fused-ring (bicyclic) bond motifs is 1. The number of rotatable bonds is 5. The molecule has 0 aliphatic carbocycles. The molecule has 118 valence electrons. The summed E-state index contributed by atoms with van der Waals surface area (Å²) < 4.78 is 5.42. The normalized spacial score (nSPS) is 12.1. The van der Waals surface area contributed by atoms with Gasteiger partial charge in [0, 0.05) is 0 Å². The highest BCUT2D eigenvalue weighted by Crippen LogP contribution is 2.23. The molecule has 3 rings (SSSR count). The number of carbonyl (C=O) groups is 1. The summed E-state index contributed by atoms with van der Waals surface area (Å²) in [5, 5.41) is 3.32. The van der Waals surface area contributed by atoms with Gasteiger partial charge >= 0.3 is 0 Å². The maximum atomic E-state index is 12.0. The number of imidazole rings is 1. The minimum Gasteiger partial charge on any atom is -0.482 e. The summed E-state index contributed by atoms with van der Waals surface area (Å²) in [6.07, 6.45) is 0. The number of halogens is 1. The Morgan fingerprint density at radius 3 is 2.78 bits per heavy atom. The van der Waals surface area contributed by atoms with Crippen LogP contribution >= 0.6 is 11.6 Å². The average molecular weight is 330 g/mol. The van der Waals surface area contributed by atoms with Crippen molar-refractivity contribution < 1.29 is 9.53 Å². The molecule has 1 amide bonds. The van der Waals surface area contributed by atoms with Gasteiger partial charge in [0.2, 0.25) is 0 Å². The minimum atomic E-state index is -0.246. The molecule has 1 unspecified atom stereocenters. The lowest BCUT2D eigenvalue weighted by Gasteiger charge is -2.12. The predicted molar refractivity (Wildman–Crippen MR) is 89.6 cm³/mol. The fourth-order valence-corrected chi connectivity index (χ4v) is 2.42. The number of nitrogens with one attached hydrogen (secondary N) is 2. The molecule has 2 N–H and O–H groups in total. The van der Waals surface area contributed by atoms with Crippen molar-refractivity contribution in [3.05, 3.63) is 59.4 Å². The van der Waals surface area contributed by atoms with E-state index in [9.17, 15) is 4.79 Å². The molecule has 2 aromatic carbocycles. The van der Waals surface area contributed by atoms with Gasteiger partial charge < -0.3 is 15.0 Å². The van der Waals surface area contributed by atoms with Gasteiger partial charge in [0.05, 0.1) is 22.1 Å². The molecular weight excluding hydrogens is 314 g/mol. The van der Waals surface area contributed by atoms with Gasteiger partial charge in [-0.05, 0) is 31.2 Å². The van der Waals surface area contributed by atoms with Crippen LogP contribution in [-0.4, -0.2) is 22.5 Å². The number of H-pyrrole nitrogens is 1. The van der Waals surface area contributed by atoms with E-state index in [0.717, 1.165) is 11.0 Å². The van der Waals surface area contributed by atoms with Crippen molar-refractivity contribution >= 4 is 28.5 Å². The average Bonchev–Trinajstić information content (AvgIpc) is 2.98. The summed E-state index contributed by atoms with van der Waals surface area (Å²) in [4.78, 5) is 19.7. The van der Waals surface area contributed by atoms with Crippen LogP contribution in [0, 0.1) is 0 Å². The predicted octanol–water partition coefficient (Wildman–Crippen LogP) is 3.47. The minimum absolute atomic E-state index is 0.103. The fraction of sp³-hybridized carbons (Fsp3) is 0.176. The molecule has 23 heavy (non-hydrogen) atoms. The number of ether oxygens (including phenoxy) is 1. The van der Waals surface area contributed by atoms with Crippen LogP contribution in [0.1, 0.15) is 18.8 Å². The third kappa shape index (κ3) is 3.63. The Morgan fingerprint density at radius 1 is 1.26 bits per heavy atom. The highest BCUT2D eigenvalue weighted by atomic mass is 35.5. The van der Waals surface area contributed by atoms with E-state index < -0.39 is 0 Å². The molecule has 0 fully saturated rings. The van der Waals surface area contributed by atoms with Gasteiger partial charge in [0.25, 0.3) is 5.91 Å². The number of para-hydroxylation sites is 3. The van der Waals surface area contributed by atoms with Crippen LogP contribution in [0.25, 0.3) is 11.0 Å². The Bertz CT molecular complexity index is 798. The first-order valence-corrected chi connectivity index (χ1v) is 7.62. The van der Waals surface area contributed by atoms with Crippen molar-refractivity contribution in [2.75, 3.05) is 6.61 Å². The van der Waals surface area contributed by atoms with Crippen molar-refractivity contribution in [2.24, 2.45) is 0 Å². The van der Waals surface area contributed by atoms with Gasteiger partial charge in [-0.2, -0.15) is 0 Å². The van der Waals surface area contributed by atoms with E-state index >= 15 is 0 Å². The van der Waals surface area contributed by atoms with Gasteiger partial charge in [0.15, 0.2) is 6.61 Å². The van der Waals surface area contributed by atoms with E-state index in [0.29, 0.717) is 16.6 Å². The summed E-state index contributed by atoms with van der Waals surface area (Å²) in [7, 11) is 0. The van der Waals surface area contributed by atoms with E-state index in [1.54, 1.807) is 24.3 Å². The molecule has 6 heteroatoms.